The van der Waals surface area contributed by atoms with E-state index in [1.165, 1.54) is 6.07 Å². The summed E-state index contributed by atoms with van der Waals surface area (Å²) in [4.78, 5) is 25.0. The van der Waals surface area contributed by atoms with Crippen LogP contribution in [0.3, 0.4) is 0 Å². The average molecular weight is 398 g/mol. The lowest BCUT2D eigenvalue weighted by molar-refractivity contribution is -0.384. The minimum Gasteiger partial charge on any atom is -0.379 e. The number of nitrogens with one attached hydrogen (secondary N) is 2. The SMILES string of the molecule is CS(=O)(=O)NCCC1CCCCN1C(=O)CCNc1ccccc1[N+](=O)[O-]. The molecule has 1 aliphatic rings. The summed E-state index contributed by atoms with van der Waals surface area (Å²) in [5.41, 5.74) is 0.371. The van der Waals surface area contributed by atoms with Gasteiger partial charge in [-0.05, 0) is 31.7 Å². The number of likely N-dealkylation sites (tertiary alicyclic amines) is 1. The van der Waals surface area contributed by atoms with E-state index in [4.69, 9.17) is 0 Å². The van der Waals surface area contributed by atoms with Gasteiger partial charge in [0.2, 0.25) is 15.9 Å². The van der Waals surface area contributed by atoms with E-state index in [1.807, 2.05) is 4.90 Å². The molecule has 0 aromatic heterocycles. The molecule has 0 saturated carbocycles. The Labute approximate surface area is 159 Å². The first-order valence-corrected chi connectivity index (χ1v) is 10.9. The molecule has 1 saturated heterocycles. The van der Waals surface area contributed by atoms with Crippen molar-refractivity contribution in [1.82, 2.24) is 9.62 Å². The van der Waals surface area contributed by atoms with E-state index >= 15 is 0 Å². The molecule has 1 unspecified atom stereocenters. The van der Waals surface area contributed by atoms with E-state index in [-0.39, 0.29) is 24.1 Å². The fourth-order valence-corrected chi connectivity index (χ4v) is 3.76. The molecule has 1 aromatic rings. The number of rotatable bonds is 9. The van der Waals surface area contributed by atoms with Crippen molar-refractivity contribution >= 4 is 27.3 Å². The summed E-state index contributed by atoms with van der Waals surface area (Å²) in [6, 6.07) is 6.35. The first-order valence-electron chi connectivity index (χ1n) is 8.99. The molecule has 1 aromatic carbocycles. The van der Waals surface area contributed by atoms with Crippen molar-refractivity contribution in [3.63, 3.8) is 0 Å². The molecule has 2 rings (SSSR count). The summed E-state index contributed by atoms with van der Waals surface area (Å²) < 4.78 is 24.9. The first-order chi connectivity index (χ1) is 12.8. The number of amides is 1. The number of nitrogens with zero attached hydrogens (tertiary/aromatic N) is 2. The lowest BCUT2D eigenvalue weighted by Crippen LogP contribution is -2.45. The van der Waals surface area contributed by atoms with Crippen LogP contribution >= 0.6 is 0 Å². The second-order valence-electron chi connectivity index (χ2n) is 6.64. The van der Waals surface area contributed by atoms with Crippen LogP contribution in [0, 0.1) is 10.1 Å². The number of anilines is 1. The maximum atomic E-state index is 12.6. The van der Waals surface area contributed by atoms with E-state index in [0.717, 1.165) is 25.5 Å². The molecule has 1 heterocycles. The molecule has 27 heavy (non-hydrogen) atoms. The van der Waals surface area contributed by atoms with E-state index < -0.39 is 14.9 Å². The van der Waals surface area contributed by atoms with Crippen LogP contribution in [-0.2, 0) is 14.8 Å². The highest BCUT2D eigenvalue weighted by Crippen LogP contribution is 2.24. The molecule has 9 nitrogen and oxygen atoms in total. The van der Waals surface area contributed by atoms with Gasteiger partial charge in [0, 0.05) is 38.2 Å². The lowest BCUT2D eigenvalue weighted by Gasteiger charge is -2.36. The number of hydrogen-bond acceptors (Lipinski definition) is 6. The summed E-state index contributed by atoms with van der Waals surface area (Å²) in [7, 11) is -3.24. The maximum Gasteiger partial charge on any atom is 0.292 e. The Morgan fingerprint density at radius 1 is 1.30 bits per heavy atom. The molecule has 10 heteroatoms. The van der Waals surface area contributed by atoms with Gasteiger partial charge < -0.3 is 10.2 Å². The second-order valence-corrected chi connectivity index (χ2v) is 8.48. The van der Waals surface area contributed by atoms with Crippen molar-refractivity contribution in [2.24, 2.45) is 0 Å². The molecule has 1 fully saturated rings. The van der Waals surface area contributed by atoms with Crippen molar-refractivity contribution in [3.05, 3.63) is 34.4 Å². The number of nitro groups is 1. The van der Waals surface area contributed by atoms with Crippen LogP contribution in [0.2, 0.25) is 0 Å². The van der Waals surface area contributed by atoms with Crippen molar-refractivity contribution in [2.75, 3.05) is 31.2 Å². The summed E-state index contributed by atoms with van der Waals surface area (Å²) in [6.07, 6.45) is 4.72. The molecule has 0 bridgehead atoms. The Kier molecular flexibility index (Phi) is 7.55. The molecule has 1 aliphatic heterocycles. The van der Waals surface area contributed by atoms with Gasteiger partial charge in [-0.15, -0.1) is 0 Å². The second kappa shape index (κ2) is 9.65. The van der Waals surface area contributed by atoms with Gasteiger partial charge in [0.15, 0.2) is 0 Å². The summed E-state index contributed by atoms with van der Waals surface area (Å²) >= 11 is 0. The number of carbonyl (C=O) groups excluding carboxylic acids is 1. The molecule has 2 N–H and O–H groups in total. The van der Waals surface area contributed by atoms with Crippen LogP contribution in [-0.4, -0.2) is 56.1 Å². The lowest BCUT2D eigenvalue weighted by atomic mass is 9.99. The van der Waals surface area contributed by atoms with E-state index in [0.29, 0.717) is 31.7 Å². The molecule has 1 atom stereocenters. The molecule has 0 spiro atoms. The number of hydrogen-bond donors (Lipinski definition) is 2. The van der Waals surface area contributed by atoms with Gasteiger partial charge in [-0.2, -0.15) is 0 Å². The minimum atomic E-state index is -3.24. The van der Waals surface area contributed by atoms with E-state index in [2.05, 4.69) is 10.0 Å². The molecule has 0 aliphatic carbocycles. The first kappa shape index (κ1) is 21.1. The summed E-state index contributed by atoms with van der Waals surface area (Å²) in [5, 5.41) is 14.0. The fraction of sp³-hybridized carbons (Fsp3) is 0.588. The van der Waals surface area contributed by atoms with E-state index in [9.17, 15) is 23.3 Å². The Hall–Kier alpha value is -2.20. The predicted octanol–water partition coefficient (Wildman–Crippen LogP) is 1.72. The van der Waals surface area contributed by atoms with Crippen LogP contribution in [0.15, 0.2) is 24.3 Å². The highest BCUT2D eigenvalue weighted by molar-refractivity contribution is 7.88. The molecule has 150 valence electrons. The zero-order valence-corrected chi connectivity index (χ0v) is 16.2. The Morgan fingerprint density at radius 2 is 2.04 bits per heavy atom. The normalized spacial score (nSPS) is 17.5. The van der Waals surface area contributed by atoms with Gasteiger partial charge in [0.1, 0.15) is 5.69 Å². The molecular formula is C17H26N4O5S. The Bertz CT molecular complexity index is 768. The monoisotopic (exact) mass is 398 g/mol. The summed E-state index contributed by atoms with van der Waals surface area (Å²) in [6.45, 7) is 1.27. The van der Waals surface area contributed by atoms with Crippen LogP contribution in [0.1, 0.15) is 32.1 Å². The summed E-state index contributed by atoms with van der Waals surface area (Å²) in [5.74, 6) is -0.0230. The number of piperidine rings is 1. The van der Waals surface area contributed by atoms with Gasteiger partial charge in [0.05, 0.1) is 11.2 Å². The zero-order chi connectivity index (χ0) is 19.9. The van der Waals surface area contributed by atoms with Gasteiger partial charge >= 0.3 is 0 Å². The number of carbonyl (C=O) groups is 1. The smallest absolute Gasteiger partial charge is 0.292 e. The van der Waals surface area contributed by atoms with Gasteiger partial charge in [-0.1, -0.05) is 12.1 Å². The third-order valence-electron chi connectivity index (χ3n) is 4.54. The van der Waals surface area contributed by atoms with Crippen LogP contribution in [0.5, 0.6) is 0 Å². The Morgan fingerprint density at radius 3 is 2.74 bits per heavy atom. The minimum absolute atomic E-state index is 0.0200. The zero-order valence-electron chi connectivity index (χ0n) is 15.4. The third kappa shape index (κ3) is 6.79. The largest absolute Gasteiger partial charge is 0.379 e. The van der Waals surface area contributed by atoms with Crippen molar-refractivity contribution in [1.29, 1.82) is 0 Å². The maximum absolute atomic E-state index is 12.6. The van der Waals surface area contributed by atoms with Crippen LogP contribution in [0.25, 0.3) is 0 Å². The highest BCUT2D eigenvalue weighted by Gasteiger charge is 2.26. The molecular weight excluding hydrogens is 372 g/mol. The van der Waals surface area contributed by atoms with Crippen molar-refractivity contribution in [3.8, 4) is 0 Å². The van der Waals surface area contributed by atoms with Gasteiger partial charge in [-0.3, -0.25) is 14.9 Å². The van der Waals surface area contributed by atoms with Crippen molar-refractivity contribution < 1.29 is 18.1 Å². The molecule has 0 radical (unpaired) electrons. The van der Waals surface area contributed by atoms with Gasteiger partial charge in [-0.25, -0.2) is 13.1 Å². The topological polar surface area (TPSA) is 122 Å². The number of sulfonamides is 1. The Balaban J connectivity index is 1.87. The number of nitro benzene ring substituents is 1. The van der Waals surface area contributed by atoms with Crippen molar-refractivity contribution in [2.45, 2.75) is 38.1 Å². The fourth-order valence-electron chi connectivity index (χ4n) is 3.27. The van der Waals surface area contributed by atoms with Crippen LogP contribution < -0.4 is 10.0 Å². The number of benzene rings is 1. The highest BCUT2D eigenvalue weighted by atomic mass is 32.2. The molecule has 1 amide bonds. The standard InChI is InChI=1S/C17H26N4O5S/c1-27(25,26)19-12-9-14-6-4-5-13-20(14)17(22)10-11-18-15-7-2-3-8-16(15)21(23)24/h2-3,7-8,14,18-19H,4-6,9-13H2,1H3. The van der Waals surface area contributed by atoms with Gasteiger partial charge in [0.25, 0.3) is 5.69 Å². The predicted molar refractivity (Wildman–Crippen MR) is 103 cm³/mol. The average Bonchev–Trinajstić information content (AvgIpc) is 2.61. The quantitative estimate of drug-likeness (QED) is 0.482. The van der Waals surface area contributed by atoms with E-state index in [1.54, 1.807) is 18.2 Å². The third-order valence-corrected chi connectivity index (χ3v) is 5.27. The number of para-hydroxylation sites is 2. The van der Waals surface area contributed by atoms with Crippen LogP contribution in [0.4, 0.5) is 11.4 Å².